The molecule has 1 fully saturated rings. The molecule has 3 aromatic carbocycles. The van der Waals surface area contributed by atoms with Crippen LogP contribution in [0.25, 0.3) is 5.76 Å². The summed E-state index contributed by atoms with van der Waals surface area (Å²) >= 11 is 0. The van der Waals surface area contributed by atoms with Crippen molar-refractivity contribution in [3.63, 3.8) is 0 Å². The number of nitrogens with zero attached hydrogens (tertiary/aromatic N) is 1. The minimum Gasteiger partial charge on any atom is -0.507 e. The van der Waals surface area contributed by atoms with Crippen LogP contribution in [-0.4, -0.2) is 34.9 Å². The van der Waals surface area contributed by atoms with Crippen LogP contribution in [0, 0.1) is 12.8 Å². The Morgan fingerprint density at radius 2 is 1.68 bits per heavy atom. The number of hydrogen-bond acceptors (Lipinski definition) is 5. The molecule has 1 N–H and O–H groups in total. The standard InChI is InChI=1S/C35H41NO5/c1-8-40-29-17-14-26(19-28(29)35(5,6)7)32(37)30-31(25-11-9-10-23(4)18-25)36(34(39)33(30)38)20-24-12-15-27(16-13-24)41-21-22(2)3/h9-19,22,31,37H,8,20-21H2,1-7H3/b32-30-. The molecule has 1 aliphatic heterocycles. The van der Waals surface area contributed by atoms with Gasteiger partial charge in [0.15, 0.2) is 0 Å². The first-order chi connectivity index (χ1) is 19.4. The van der Waals surface area contributed by atoms with Crippen LogP contribution in [0.1, 0.15) is 75.4 Å². The summed E-state index contributed by atoms with van der Waals surface area (Å²) in [7, 11) is 0. The van der Waals surface area contributed by atoms with E-state index in [2.05, 4.69) is 34.6 Å². The molecule has 0 radical (unpaired) electrons. The van der Waals surface area contributed by atoms with Gasteiger partial charge in [0.1, 0.15) is 17.3 Å². The van der Waals surface area contributed by atoms with Crippen LogP contribution >= 0.6 is 0 Å². The first-order valence-electron chi connectivity index (χ1n) is 14.2. The van der Waals surface area contributed by atoms with E-state index in [0.29, 0.717) is 24.7 Å². The van der Waals surface area contributed by atoms with Crippen LogP contribution in [0.2, 0.25) is 0 Å². The second-order valence-electron chi connectivity index (χ2n) is 12.1. The summed E-state index contributed by atoms with van der Waals surface area (Å²) in [6.45, 7) is 15.6. The fourth-order valence-corrected chi connectivity index (χ4v) is 5.08. The Morgan fingerprint density at radius 3 is 2.29 bits per heavy atom. The lowest BCUT2D eigenvalue weighted by molar-refractivity contribution is -0.140. The molecule has 1 saturated heterocycles. The van der Waals surface area contributed by atoms with Crippen LogP contribution < -0.4 is 9.47 Å². The van der Waals surface area contributed by atoms with Crippen molar-refractivity contribution in [2.75, 3.05) is 13.2 Å². The number of ether oxygens (including phenoxy) is 2. The number of aliphatic hydroxyl groups excluding tert-OH is 1. The molecular formula is C35H41NO5. The van der Waals surface area contributed by atoms with E-state index in [4.69, 9.17) is 9.47 Å². The van der Waals surface area contributed by atoms with Crippen molar-refractivity contribution in [1.29, 1.82) is 0 Å². The zero-order valence-corrected chi connectivity index (χ0v) is 25.2. The van der Waals surface area contributed by atoms with Crippen LogP contribution in [0.15, 0.2) is 72.3 Å². The van der Waals surface area contributed by atoms with Crippen LogP contribution in [0.3, 0.4) is 0 Å². The number of likely N-dealkylation sites (tertiary alicyclic amines) is 1. The van der Waals surface area contributed by atoms with Crippen molar-refractivity contribution >= 4 is 17.4 Å². The minimum absolute atomic E-state index is 0.0847. The predicted molar refractivity (Wildman–Crippen MR) is 162 cm³/mol. The van der Waals surface area contributed by atoms with E-state index >= 15 is 0 Å². The van der Waals surface area contributed by atoms with E-state index in [-0.39, 0.29) is 23.3 Å². The van der Waals surface area contributed by atoms with E-state index in [1.54, 1.807) is 11.0 Å². The molecule has 3 aromatic rings. The first-order valence-corrected chi connectivity index (χ1v) is 14.2. The Hall–Kier alpha value is -4.06. The van der Waals surface area contributed by atoms with Crippen LogP contribution in [0.5, 0.6) is 11.5 Å². The van der Waals surface area contributed by atoms with E-state index in [1.165, 1.54) is 0 Å². The Morgan fingerprint density at radius 1 is 0.976 bits per heavy atom. The van der Waals surface area contributed by atoms with E-state index in [0.717, 1.165) is 33.8 Å². The highest BCUT2D eigenvalue weighted by Gasteiger charge is 2.46. The molecule has 6 nitrogen and oxygen atoms in total. The van der Waals surface area contributed by atoms with Gasteiger partial charge in [0.2, 0.25) is 0 Å². The SMILES string of the molecule is CCOc1ccc(/C(O)=C2/C(=O)C(=O)N(Cc3ccc(OCC(C)C)cc3)C2c2cccc(C)c2)cc1C(C)(C)C. The largest absolute Gasteiger partial charge is 0.507 e. The van der Waals surface area contributed by atoms with Crippen LogP contribution in [0.4, 0.5) is 0 Å². The molecule has 0 aromatic heterocycles. The maximum absolute atomic E-state index is 13.6. The Bertz CT molecular complexity index is 1450. The lowest BCUT2D eigenvalue weighted by Crippen LogP contribution is -2.29. The monoisotopic (exact) mass is 555 g/mol. The van der Waals surface area contributed by atoms with Crippen molar-refractivity contribution in [1.82, 2.24) is 4.90 Å². The number of Topliss-reactive ketones (excluding diaryl/α,β-unsaturated/α-hetero) is 1. The highest BCUT2D eigenvalue weighted by molar-refractivity contribution is 6.46. The van der Waals surface area contributed by atoms with Crippen molar-refractivity contribution in [2.24, 2.45) is 5.92 Å². The third-order valence-electron chi connectivity index (χ3n) is 7.12. The number of benzene rings is 3. The van der Waals surface area contributed by atoms with Gasteiger partial charge in [0.05, 0.1) is 24.8 Å². The molecule has 0 bridgehead atoms. The van der Waals surface area contributed by atoms with E-state index in [9.17, 15) is 14.7 Å². The molecule has 4 rings (SSSR count). The first kappa shape index (κ1) is 29.9. The van der Waals surface area contributed by atoms with Gasteiger partial charge >= 0.3 is 0 Å². The number of hydrogen-bond donors (Lipinski definition) is 1. The van der Waals surface area contributed by atoms with Crippen molar-refractivity contribution < 1.29 is 24.2 Å². The molecule has 1 aliphatic rings. The zero-order valence-electron chi connectivity index (χ0n) is 25.2. The molecule has 1 unspecified atom stereocenters. The summed E-state index contributed by atoms with van der Waals surface area (Å²) in [5, 5.41) is 11.7. The number of aliphatic hydroxyl groups is 1. The van der Waals surface area contributed by atoms with E-state index in [1.807, 2.05) is 74.5 Å². The van der Waals surface area contributed by atoms with Crippen molar-refractivity contribution in [3.05, 3.63) is 100 Å². The molecule has 1 amide bonds. The van der Waals surface area contributed by atoms with Gasteiger partial charge in [-0.2, -0.15) is 0 Å². The molecule has 0 aliphatic carbocycles. The molecule has 6 heteroatoms. The maximum Gasteiger partial charge on any atom is 0.295 e. The second kappa shape index (κ2) is 12.2. The molecule has 1 heterocycles. The fraction of sp³-hybridized carbons (Fsp3) is 0.371. The van der Waals surface area contributed by atoms with Gasteiger partial charge in [-0.25, -0.2) is 0 Å². The summed E-state index contributed by atoms with van der Waals surface area (Å²) in [5.41, 5.74) is 3.82. The number of rotatable bonds is 9. The number of carbonyl (C=O) groups is 2. The van der Waals surface area contributed by atoms with Gasteiger partial charge in [0.25, 0.3) is 11.7 Å². The van der Waals surface area contributed by atoms with Gasteiger partial charge in [-0.1, -0.05) is 76.6 Å². The third-order valence-corrected chi connectivity index (χ3v) is 7.12. The zero-order chi connectivity index (χ0) is 29.9. The Labute approximate surface area is 243 Å². The average molecular weight is 556 g/mol. The lowest BCUT2D eigenvalue weighted by atomic mass is 9.84. The fourth-order valence-electron chi connectivity index (χ4n) is 5.08. The smallest absolute Gasteiger partial charge is 0.295 e. The molecule has 41 heavy (non-hydrogen) atoms. The van der Waals surface area contributed by atoms with Crippen LogP contribution in [-0.2, 0) is 21.5 Å². The lowest BCUT2D eigenvalue weighted by Gasteiger charge is -2.26. The summed E-state index contributed by atoms with van der Waals surface area (Å²) in [6, 6.07) is 20.0. The Kier molecular flexibility index (Phi) is 8.91. The second-order valence-corrected chi connectivity index (χ2v) is 12.1. The summed E-state index contributed by atoms with van der Waals surface area (Å²) in [5.74, 6) is 0.365. The highest BCUT2D eigenvalue weighted by atomic mass is 16.5. The topological polar surface area (TPSA) is 76.1 Å². The number of amides is 1. The average Bonchev–Trinajstić information content (AvgIpc) is 3.17. The normalized spacial score (nSPS) is 16.9. The number of ketones is 1. The number of aryl methyl sites for hydroxylation is 1. The summed E-state index contributed by atoms with van der Waals surface area (Å²) in [4.78, 5) is 28.7. The molecule has 0 spiro atoms. The van der Waals surface area contributed by atoms with Gasteiger partial charge in [-0.3, -0.25) is 9.59 Å². The molecule has 216 valence electrons. The highest BCUT2D eigenvalue weighted by Crippen LogP contribution is 2.42. The minimum atomic E-state index is -0.739. The predicted octanol–water partition coefficient (Wildman–Crippen LogP) is 7.35. The Balaban J connectivity index is 1.79. The number of carbonyl (C=O) groups excluding carboxylic acids is 2. The van der Waals surface area contributed by atoms with Gasteiger partial charge < -0.3 is 19.5 Å². The molecule has 0 saturated carbocycles. The molecular weight excluding hydrogens is 514 g/mol. The third kappa shape index (κ3) is 6.64. The van der Waals surface area contributed by atoms with Crippen molar-refractivity contribution in [3.8, 4) is 11.5 Å². The molecule has 1 atom stereocenters. The summed E-state index contributed by atoms with van der Waals surface area (Å²) in [6.07, 6.45) is 0. The van der Waals surface area contributed by atoms with E-state index < -0.39 is 17.7 Å². The van der Waals surface area contributed by atoms with Gasteiger partial charge in [-0.15, -0.1) is 0 Å². The van der Waals surface area contributed by atoms with Crippen molar-refractivity contribution in [2.45, 2.75) is 66.5 Å². The summed E-state index contributed by atoms with van der Waals surface area (Å²) < 4.78 is 11.7. The quantitative estimate of drug-likeness (QED) is 0.170. The van der Waals surface area contributed by atoms with Gasteiger partial charge in [0, 0.05) is 17.7 Å². The maximum atomic E-state index is 13.6. The van der Waals surface area contributed by atoms with Gasteiger partial charge in [-0.05, 0) is 66.6 Å².